The van der Waals surface area contributed by atoms with Gasteiger partial charge in [-0.05, 0) is 42.3 Å². The van der Waals surface area contributed by atoms with Gasteiger partial charge in [-0.2, -0.15) is 0 Å². The molecule has 0 bridgehead atoms. The molecule has 0 fully saturated rings. The highest BCUT2D eigenvalue weighted by Gasteiger charge is 2.14. The lowest BCUT2D eigenvalue weighted by atomic mass is 10.0. The molecule has 1 aromatic heterocycles. The quantitative estimate of drug-likeness (QED) is 0.551. The van der Waals surface area contributed by atoms with Gasteiger partial charge in [-0.15, -0.1) is 0 Å². The molecule has 0 saturated heterocycles. The average Bonchev–Trinajstić information content (AvgIpc) is 3.09. The number of carbonyl (C=O) groups is 1. The highest BCUT2D eigenvalue weighted by atomic mass is 16.5. The standard InChI is InChI=1S/C24H23N3O2/c1-16-8-7-11-20-23(16)27(2)22(26-20)15-25-24(28)18-12-13-21(29-3)19(14-18)17-9-5-4-6-10-17/h4-14H,15H2,1-3H3,(H,25,28). The van der Waals surface area contributed by atoms with E-state index in [1.807, 2.05) is 66.2 Å². The minimum Gasteiger partial charge on any atom is -0.496 e. The van der Waals surface area contributed by atoms with Crippen LogP contribution in [0.5, 0.6) is 5.75 Å². The summed E-state index contributed by atoms with van der Waals surface area (Å²) in [6.07, 6.45) is 0. The number of rotatable bonds is 5. The summed E-state index contributed by atoms with van der Waals surface area (Å²) in [5.41, 5.74) is 5.67. The van der Waals surface area contributed by atoms with Gasteiger partial charge in [0.1, 0.15) is 11.6 Å². The first-order chi connectivity index (χ1) is 14.1. The number of imidazole rings is 1. The molecule has 1 heterocycles. The zero-order valence-electron chi connectivity index (χ0n) is 16.8. The first-order valence-corrected chi connectivity index (χ1v) is 9.51. The van der Waals surface area contributed by atoms with Gasteiger partial charge in [0.05, 0.1) is 24.7 Å². The minimum atomic E-state index is -0.145. The number of hydrogen-bond acceptors (Lipinski definition) is 3. The maximum Gasteiger partial charge on any atom is 0.251 e. The maximum absolute atomic E-state index is 12.8. The molecule has 0 spiro atoms. The Morgan fingerprint density at radius 1 is 1.07 bits per heavy atom. The second-order valence-corrected chi connectivity index (χ2v) is 6.99. The number of aromatic nitrogens is 2. The number of nitrogens with zero attached hydrogens (tertiary/aromatic N) is 2. The number of methoxy groups -OCH3 is 1. The van der Waals surface area contributed by atoms with Gasteiger partial charge in [0.15, 0.2) is 0 Å². The third-order valence-corrected chi connectivity index (χ3v) is 5.14. The Balaban J connectivity index is 1.58. The molecule has 0 radical (unpaired) electrons. The van der Waals surface area contributed by atoms with Crippen LogP contribution in [0.4, 0.5) is 0 Å². The molecule has 0 aliphatic heterocycles. The van der Waals surface area contributed by atoms with Crippen LogP contribution in [-0.2, 0) is 13.6 Å². The molecule has 0 aliphatic carbocycles. The number of nitrogens with one attached hydrogen (secondary N) is 1. The summed E-state index contributed by atoms with van der Waals surface area (Å²) in [6.45, 7) is 2.42. The van der Waals surface area contributed by atoms with Crippen molar-refractivity contribution in [3.05, 3.63) is 83.7 Å². The molecule has 3 aromatic carbocycles. The summed E-state index contributed by atoms with van der Waals surface area (Å²) in [6, 6.07) is 21.4. The highest BCUT2D eigenvalue weighted by Crippen LogP contribution is 2.30. The molecule has 4 rings (SSSR count). The normalized spacial score (nSPS) is 10.9. The fraction of sp³-hybridized carbons (Fsp3) is 0.167. The number of hydrogen-bond donors (Lipinski definition) is 1. The molecule has 0 aliphatic rings. The highest BCUT2D eigenvalue weighted by molar-refractivity contribution is 5.96. The fourth-order valence-electron chi connectivity index (χ4n) is 3.63. The SMILES string of the molecule is COc1ccc(C(=O)NCc2nc3cccc(C)c3n2C)cc1-c1ccccc1. The molecule has 0 unspecified atom stereocenters. The number of ether oxygens (including phenoxy) is 1. The lowest BCUT2D eigenvalue weighted by Crippen LogP contribution is -2.24. The summed E-state index contributed by atoms with van der Waals surface area (Å²) in [5, 5.41) is 2.99. The number of carbonyl (C=O) groups excluding carboxylic acids is 1. The van der Waals surface area contributed by atoms with E-state index in [9.17, 15) is 4.79 Å². The molecular weight excluding hydrogens is 362 g/mol. The van der Waals surface area contributed by atoms with Crippen molar-refractivity contribution in [1.29, 1.82) is 0 Å². The monoisotopic (exact) mass is 385 g/mol. The number of benzene rings is 3. The van der Waals surface area contributed by atoms with Crippen LogP contribution in [0.15, 0.2) is 66.7 Å². The first kappa shape index (κ1) is 18.7. The van der Waals surface area contributed by atoms with Crippen molar-refractivity contribution in [1.82, 2.24) is 14.9 Å². The van der Waals surface area contributed by atoms with Crippen LogP contribution in [-0.4, -0.2) is 22.6 Å². The van der Waals surface area contributed by atoms with Crippen molar-refractivity contribution in [2.24, 2.45) is 7.05 Å². The molecule has 0 atom stereocenters. The maximum atomic E-state index is 12.8. The fourth-order valence-corrected chi connectivity index (χ4v) is 3.63. The van der Waals surface area contributed by atoms with Crippen LogP contribution in [0, 0.1) is 6.92 Å². The zero-order valence-corrected chi connectivity index (χ0v) is 16.8. The Morgan fingerprint density at radius 2 is 1.86 bits per heavy atom. The lowest BCUT2D eigenvalue weighted by molar-refractivity contribution is 0.0949. The lowest BCUT2D eigenvalue weighted by Gasteiger charge is -2.11. The molecule has 1 amide bonds. The molecule has 5 nitrogen and oxygen atoms in total. The van der Waals surface area contributed by atoms with E-state index in [1.54, 1.807) is 13.2 Å². The Bertz CT molecular complexity index is 1180. The van der Waals surface area contributed by atoms with Gasteiger partial charge in [0.2, 0.25) is 0 Å². The molecule has 4 aromatic rings. The summed E-state index contributed by atoms with van der Waals surface area (Å²) in [7, 11) is 3.61. The minimum absolute atomic E-state index is 0.145. The van der Waals surface area contributed by atoms with Gasteiger partial charge in [-0.1, -0.05) is 42.5 Å². The van der Waals surface area contributed by atoms with E-state index in [-0.39, 0.29) is 5.91 Å². The molecule has 0 saturated carbocycles. The predicted octanol–water partition coefficient (Wildman–Crippen LogP) is 4.49. The van der Waals surface area contributed by atoms with Gasteiger partial charge in [0, 0.05) is 18.2 Å². The summed E-state index contributed by atoms with van der Waals surface area (Å²) >= 11 is 0. The van der Waals surface area contributed by atoms with E-state index in [4.69, 9.17) is 4.74 Å². The predicted molar refractivity (Wildman–Crippen MR) is 115 cm³/mol. The van der Waals surface area contributed by atoms with E-state index in [2.05, 4.69) is 23.3 Å². The second kappa shape index (κ2) is 7.80. The summed E-state index contributed by atoms with van der Waals surface area (Å²) < 4.78 is 7.52. The third kappa shape index (κ3) is 3.59. The van der Waals surface area contributed by atoms with Crippen LogP contribution in [0.25, 0.3) is 22.2 Å². The van der Waals surface area contributed by atoms with Gasteiger partial charge in [-0.25, -0.2) is 4.98 Å². The number of amides is 1. The van der Waals surface area contributed by atoms with E-state index < -0.39 is 0 Å². The Kier molecular flexibility index (Phi) is 5.04. The van der Waals surface area contributed by atoms with E-state index in [0.29, 0.717) is 12.1 Å². The average molecular weight is 385 g/mol. The van der Waals surface area contributed by atoms with Crippen molar-refractivity contribution >= 4 is 16.9 Å². The second-order valence-electron chi connectivity index (χ2n) is 6.99. The van der Waals surface area contributed by atoms with Crippen molar-refractivity contribution in [2.45, 2.75) is 13.5 Å². The van der Waals surface area contributed by atoms with Crippen molar-refractivity contribution < 1.29 is 9.53 Å². The van der Waals surface area contributed by atoms with Gasteiger partial charge < -0.3 is 14.6 Å². The third-order valence-electron chi connectivity index (χ3n) is 5.14. The number of para-hydroxylation sites is 1. The van der Waals surface area contributed by atoms with E-state index in [0.717, 1.165) is 39.3 Å². The molecule has 146 valence electrons. The number of fused-ring (bicyclic) bond motifs is 1. The topological polar surface area (TPSA) is 56.1 Å². The Hall–Kier alpha value is -3.60. The number of aryl methyl sites for hydroxylation is 2. The first-order valence-electron chi connectivity index (χ1n) is 9.51. The van der Waals surface area contributed by atoms with Gasteiger partial charge in [-0.3, -0.25) is 4.79 Å². The van der Waals surface area contributed by atoms with Gasteiger partial charge >= 0.3 is 0 Å². The Morgan fingerprint density at radius 3 is 2.59 bits per heavy atom. The van der Waals surface area contributed by atoms with Crippen LogP contribution in [0.1, 0.15) is 21.7 Å². The van der Waals surface area contributed by atoms with E-state index >= 15 is 0 Å². The molecule has 1 N–H and O–H groups in total. The van der Waals surface area contributed by atoms with Crippen LogP contribution < -0.4 is 10.1 Å². The Labute approximate surface area is 170 Å². The van der Waals surface area contributed by atoms with Crippen molar-refractivity contribution in [2.75, 3.05) is 7.11 Å². The largest absolute Gasteiger partial charge is 0.496 e. The molecular formula is C24H23N3O2. The summed E-state index contributed by atoms with van der Waals surface area (Å²) in [4.78, 5) is 17.5. The van der Waals surface area contributed by atoms with Crippen molar-refractivity contribution in [3.63, 3.8) is 0 Å². The van der Waals surface area contributed by atoms with Gasteiger partial charge in [0.25, 0.3) is 5.91 Å². The molecule has 29 heavy (non-hydrogen) atoms. The summed E-state index contributed by atoms with van der Waals surface area (Å²) in [5.74, 6) is 1.41. The van der Waals surface area contributed by atoms with Crippen LogP contribution in [0.3, 0.4) is 0 Å². The zero-order chi connectivity index (χ0) is 20.4. The smallest absolute Gasteiger partial charge is 0.251 e. The molecule has 5 heteroatoms. The van der Waals surface area contributed by atoms with E-state index in [1.165, 1.54) is 0 Å². The van der Waals surface area contributed by atoms with Crippen LogP contribution in [0.2, 0.25) is 0 Å². The van der Waals surface area contributed by atoms with Crippen molar-refractivity contribution in [3.8, 4) is 16.9 Å². The van der Waals surface area contributed by atoms with Crippen LogP contribution >= 0.6 is 0 Å².